The largest absolute Gasteiger partial charge is 0.480 e. The lowest BCUT2D eigenvalue weighted by molar-refractivity contribution is -0.148. The van der Waals surface area contributed by atoms with E-state index in [4.69, 9.17) is 0 Å². The van der Waals surface area contributed by atoms with Gasteiger partial charge in [0.1, 0.15) is 6.04 Å². The lowest BCUT2D eigenvalue weighted by Gasteiger charge is -2.43. The minimum absolute atomic E-state index is 0.230. The van der Waals surface area contributed by atoms with E-state index in [0.717, 1.165) is 24.3 Å². The summed E-state index contributed by atoms with van der Waals surface area (Å²) in [5.74, 6) is 2.45. The third-order valence-electron chi connectivity index (χ3n) is 4.13. The molecule has 2 fully saturated rings. The molecule has 0 spiro atoms. The van der Waals surface area contributed by atoms with E-state index in [1.807, 2.05) is 37.4 Å². The van der Waals surface area contributed by atoms with Crippen LogP contribution < -0.4 is 5.32 Å². The summed E-state index contributed by atoms with van der Waals surface area (Å²) in [6.07, 6.45) is 1.70. The van der Waals surface area contributed by atoms with Crippen LogP contribution in [0, 0.1) is 5.41 Å². The zero-order valence-corrected chi connectivity index (χ0v) is 14.3. The summed E-state index contributed by atoms with van der Waals surface area (Å²) < 4.78 is 0. The minimum atomic E-state index is -0.905. The Morgan fingerprint density at radius 1 is 1.38 bits per heavy atom. The Kier molecular flexibility index (Phi) is 5.71. The first-order valence-corrected chi connectivity index (χ1v) is 9.59. The van der Waals surface area contributed by atoms with Gasteiger partial charge in [0.2, 0.25) is 0 Å². The van der Waals surface area contributed by atoms with Crippen molar-refractivity contribution in [2.45, 2.75) is 38.0 Å². The number of urea groups is 1. The predicted molar refractivity (Wildman–Crippen MR) is 88.1 cm³/mol. The van der Waals surface area contributed by atoms with E-state index in [-0.39, 0.29) is 11.4 Å². The fraction of sp³-hybridized carbons (Fsp3) is 0.857. The molecule has 0 radical (unpaired) electrons. The van der Waals surface area contributed by atoms with E-state index in [9.17, 15) is 14.7 Å². The second-order valence-corrected chi connectivity index (χ2v) is 8.84. The molecule has 7 heteroatoms. The number of rotatable bonds is 3. The van der Waals surface area contributed by atoms with Gasteiger partial charge in [-0.25, -0.2) is 9.59 Å². The Morgan fingerprint density at radius 3 is 2.76 bits per heavy atom. The molecule has 2 heterocycles. The van der Waals surface area contributed by atoms with Gasteiger partial charge < -0.3 is 15.3 Å². The number of carbonyl (C=O) groups is 2. The summed E-state index contributed by atoms with van der Waals surface area (Å²) >= 11 is 3.80. The van der Waals surface area contributed by atoms with Crippen LogP contribution in [0.25, 0.3) is 0 Å². The molecule has 0 aromatic rings. The van der Waals surface area contributed by atoms with Crippen molar-refractivity contribution in [3.05, 3.63) is 0 Å². The van der Waals surface area contributed by atoms with Crippen molar-refractivity contribution in [3.8, 4) is 0 Å². The number of nitrogens with one attached hydrogen (secondary N) is 1. The van der Waals surface area contributed by atoms with E-state index in [0.29, 0.717) is 18.3 Å². The quantitative estimate of drug-likeness (QED) is 0.828. The number of nitrogens with zero attached hydrogens (tertiary/aromatic N) is 1. The molecule has 21 heavy (non-hydrogen) atoms. The van der Waals surface area contributed by atoms with Gasteiger partial charge in [0, 0.05) is 35.6 Å². The number of carboxylic acids is 1. The zero-order chi connectivity index (χ0) is 15.5. The molecule has 0 bridgehead atoms. The molecule has 5 nitrogen and oxygen atoms in total. The number of carboxylic acid groups (broad SMARTS) is 1. The van der Waals surface area contributed by atoms with Crippen molar-refractivity contribution < 1.29 is 14.7 Å². The number of piperidine rings is 1. The molecule has 0 aliphatic carbocycles. The number of amides is 2. The molecule has 2 saturated heterocycles. The number of hydrogen-bond donors (Lipinski definition) is 2. The van der Waals surface area contributed by atoms with Gasteiger partial charge in [-0.05, 0) is 18.3 Å². The summed E-state index contributed by atoms with van der Waals surface area (Å²) in [5.41, 5.74) is -0.378. The van der Waals surface area contributed by atoms with Crippen LogP contribution in [0.3, 0.4) is 0 Å². The van der Waals surface area contributed by atoms with Crippen molar-refractivity contribution in [1.82, 2.24) is 10.2 Å². The standard InChI is InChI=1S/C14H24N2O3S2/c1-14(2)4-3-5-16(11(14)12(17)18)13(19)15-8-10-9-20-6-7-21-10/h10-11H,3-9H2,1-2H3,(H,15,19)(H,17,18). The fourth-order valence-corrected chi connectivity index (χ4v) is 5.65. The summed E-state index contributed by atoms with van der Waals surface area (Å²) in [5, 5.41) is 12.9. The highest BCUT2D eigenvalue weighted by atomic mass is 32.2. The lowest BCUT2D eigenvalue weighted by atomic mass is 9.76. The third kappa shape index (κ3) is 4.22. The number of aliphatic carboxylic acids is 1. The zero-order valence-electron chi connectivity index (χ0n) is 12.6. The number of likely N-dealkylation sites (tertiary alicyclic amines) is 1. The van der Waals surface area contributed by atoms with Crippen molar-refractivity contribution >= 4 is 35.5 Å². The van der Waals surface area contributed by atoms with E-state index in [2.05, 4.69) is 5.32 Å². The third-order valence-corrected chi connectivity index (χ3v) is 6.98. The van der Waals surface area contributed by atoms with Crippen LogP contribution in [-0.2, 0) is 4.79 Å². The highest BCUT2D eigenvalue weighted by Crippen LogP contribution is 2.35. The maximum absolute atomic E-state index is 12.4. The highest BCUT2D eigenvalue weighted by Gasteiger charge is 2.44. The van der Waals surface area contributed by atoms with E-state index >= 15 is 0 Å². The van der Waals surface area contributed by atoms with E-state index in [1.165, 1.54) is 10.7 Å². The molecular formula is C14H24N2O3S2. The molecule has 0 saturated carbocycles. The van der Waals surface area contributed by atoms with E-state index < -0.39 is 12.0 Å². The van der Waals surface area contributed by atoms with Gasteiger partial charge in [-0.15, -0.1) is 0 Å². The predicted octanol–water partition coefficient (Wildman–Crippen LogP) is 2.12. The topological polar surface area (TPSA) is 69.6 Å². The Labute approximate surface area is 134 Å². The number of thioether (sulfide) groups is 2. The van der Waals surface area contributed by atoms with Crippen LogP contribution in [0.1, 0.15) is 26.7 Å². The van der Waals surface area contributed by atoms with Crippen LogP contribution in [0.15, 0.2) is 0 Å². The van der Waals surface area contributed by atoms with Crippen molar-refractivity contribution in [2.75, 3.05) is 30.3 Å². The molecule has 2 atom stereocenters. The minimum Gasteiger partial charge on any atom is -0.480 e. The summed E-state index contributed by atoms with van der Waals surface area (Å²) in [6.45, 7) is 5.01. The van der Waals surface area contributed by atoms with Gasteiger partial charge in [0.05, 0.1) is 0 Å². The first kappa shape index (κ1) is 16.8. The van der Waals surface area contributed by atoms with E-state index in [1.54, 1.807) is 0 Å². The highest BCUT2D eigenvalue weighted by molar-refractivity contribution is 8.06. The molecule has 0 aromatic carbocycles. The smallest absolute Gasteiger partial charge is 0.327 e. The number of carbonyl (C=O) groups excluding carboxylic acids is 1. The first-order valence-electron chi connectivity index (χ1n) is 7.38. The lowest BCUT2D eigenvalue weighted by Crippen LogP contribution is -2.59. The second-order valence-electron chi connectivity index (χ2n) is 6.28. The molecule has 2 amide bonds. The molecular weight excluding hydrogens is 308 g/mol. The average molecular weight is 332 g/mol. The van der Waals surface area contributed by atoms with Gasteiger partial charge in [-0.3, -0.25) is 0 Å². The molecule has 120 valence electrons. The molecule has 2 rings (SSSR count). The van der Waals surface area contributed by atoms with Crippen LogP contribution in [0.2, 0.25) is 0 Å². The molecule has 2 aliphatic rings. The van der Waals surface area contributed by atoms with Gasteiger partial charge in [-0.2, -0.15) is 23.5 Å². The molecule has 2 unspecified atom stereocenters. The van der Waals surface area contributed by atoms with Crippen molar-refractivity contribution in [3.63, 3.8) is 0 Å². The Morgan fingerprint density at radius 2 is 2.14 bits per heavy atom. The van der Waals surface area contributed by atoms with Crippen LogP contribution in [0.4, 0.5) is 4.79 Å². The summed E-state index contributed by atoms with van der Waals surface area (Å²) in [6, 6.07) is -0.967. The Hall–Kier alpha value is -0.560. The SMILES string of the molecule is CC1(C)CCCN(C(=O)NCC2CSCCS2)C1C(=O)O. The second kappa shape index (κ2) is 7.13. The molecule has 2 N–H and O–H groups in total. The maximum atomic E-state index is 12.4. The van der Waals surface area contributed by atoms with Crippen LogP contribution in [0.5, 0.6) is 0 Å². The molecule has 0 aromatic heterocycles. The number of hydrogen-bond acceptors (Lipinski definition) is 4. The van der Waals surface area contributed by atoms with Gasteiger partial charge in [0.15, 0.2) is 0 Å². The van der Waals surface area contributed by atoms with Gasteiger partial charge in [-0.1, -0.05) is 13.8 Å². The first-order chi connectivity index (χ1) is 9.92. The molecule has 2 aliphatic heterocycles. The summed E-state index contributed by atoms with van der Waals surface area (Å²) in [4.78, 5) is 25.4. The maximum Gasteiger partial charge on any atom is 0.327 e. The average Bonchev–Trinajstić information content (AvgIpc) is 2.44. The Bertz CT molecular complexity index is 398. The normalized spacial score (nSPS) is 29.0. The van der Waals surface area contributed by atoms with Crippen molar-refractivity contribution in [2.24, 2.45) is 5.41 Å². The van der Waals surface area contributed by atoms with Crippen LogP contribution in [-0.4, -0.2) is 63.6 Å². The van der Waals surface area contributed by atoms with Crippen molar-refractivity contribution in [1.29, 1.82) is 0 Å². The summed E-state index contributed by atoms with van der Waals surface area (Å²) in [7, 11) is 0. The van der Waals surface area contributed by atoms with Gasteiger partial charge >= 0.3 is 12.0 Å². The fourth-order valence-electron chi connectivity index (χ4n) is 3.04. The Balaban J connectivity index is 1.94. The van der Waals surface area contributed by atoms with Gasteiger partial charge in [0.25, 0.3) is 0 Å². The van der Waals surface area contributed by atoms with Crippen LogP contribution >= 0.6 is 23.5 Å². The monoisotopic (exact) mass is 332 g/mol.